The van der Waals surface area contributed by atoms with Crippen LogP contribution >= 0.6 is 23.2 Å². The van der Waals surface area contributed by atoms with Crippen LogP contribution in [0.15, 0.2) is 12.1 Å². The number of nitrogens with one attached hydrogen (secondary N) is 1. The van der Waals surface area contributed by atoms with Gasteiger partial charge in [-0.3, -0.25) is 0 Å². The highest BCUT2D eigenvalue weighted by Crippen LogP contribution is 2.34. The summed E-state index contributed by atoms with van der Waals surface area (Å²) in [4.78, 5) is 0. The Morgan fingerprint density at radius 3 is 2.92 bits per heavy atom. The van der Waals surface area contributed by atoms with E-state index in [4.69, 9.17) is 23.2 Å². The summed E-state index contributed by atoms with van der Waals surface area (Å²) in [5.74, 6) is 0. The van der Waals surface area contributed by atoms with Gasteiger partial charge in [-0.15, -0.1) is 0 Å². The molecule has 1 aliphatic rings. The van der Waals surface area contributed by atoms with Crippen LogP contribution in [0.1, 0.15) is 12.0 Å². The monoisotopic (exact) mass is 201 g/mol. The molecule has 3 heteroatoms. The van der Waals surface area contributed by atoms with Crippen LogP contribution in [0, 0.1) is 0 Å². The molecule has 12 heavy (non-hydrogen) atoms. The van der Waals surface area contributed by atoms with Crippen LogP contribution < -0.4 is 5.32 Å². The van der Waals surface area contributed by atoms with Crippen molar-refractivity contribution in [1.82, 2.24) is 0 Å². The van der Waals surface area contributed by atoms with E-state index in [2.05, 4.69) is 5.32 Å². The molecule has 0 aliphatic carbocycles. The second-order valence-electron chi connectivity index (χ2n) is 2.92. The molecule has 0 amide bonds. The molecule has 1 aliphatic heterocycles. The molecule has 1 heterocycles. The topological polar surface area (TPSA) is 12.0 Å². The lowest BCUT2D eigenvalue weighted by Gasteiger charge is -2.19. The van der Waals surface area contributed by atoms with Gasteiger partial charge in [0, 0.05) is 12.2 Å². The first kappa shape index (κ1) is 8.21. The fraction of sp³-hybridized carbons (Fsp3) is 0.333. The Balaban J connectivity index is 2.54. The van der Waals surface area contributed by atoms with Crippen LogP contribution in [0.5, 0.6) is 0 Å². The molecule has 0 radical (unpaired) electrons. The van der Waals surface area contributed by atoms with E-state index in [0.29, 0.717) is 10.0 Å². The van der Waals surface area contributed by atoms with E-state index in [1.807, 2.05) is 12.1 Å². The van der Waals surface area contributed by atoms with Gasteiger partial charge in [0.2, 0.25) is 0 Å². The van der Waals surface area contributed by atoms with E-state index in [9.17, 15) is 0 Å². The maximum absolute atomic E-state index is 6.04. The van der Waals surface area contributed by atoms with E-state index in [-0.39, 0.29) is 0 Å². The van der Waals surface area contributed by atoms with Gasteiger partial charge in [0.15, 0.2) is 0 Å². The summed E-state index contributed by atoms with van der Waals surface area (Å²) in [7, 11) is 0. The first-order valence-corrected chi connectivity index (χ1v) is 4.75. The first-order valence-electron chi connectivity index (χ1n) is 4.00. The average Bonchev–Trinajstić information content (AvgIpc) is 2.12. The highest BCUT2D eigenvalue weighted by Gasteiger charge is 2.13. The van der Waals surface area contributed by atoms with Crippen LogP contribution in [-0.2, 0) is 6.42 Å². The van der Waals surface area contributed by atoms with Crippen molar-refractivity contribution in [2.75, 3.05) is 11.9 Å². The SMILES string of the molecule is Clc1ccc2c(c1Cl)CCCN2. The van der Waals surface area contributed by atoms with Crippen molar-refractivity contribution < 1.29 is 0 Å². The highest BCUT2D eigenvalue weighted by atomic mass is 35.5. The molecular formula is C9H9Cl2N. The zero-order valence-corrected chi connectivity index (χ0v) is 8.04. The smallest absolute Gasteiger partial charge is 0.0644 e. The number of benzene rings is 1. The third-order valence-electron chi connectivity index (χ3n) is 2.12. The molecule has 0 unspecified atom stereocenters. The minimum Gasteiger partial charge on any atom is -0.385 e. The zero-order valence-electron chi connectivity index (χ0n) is 6.53. The number of hydrogen-bond acceptors (Lipinski definition) is 1. The molecule has 1 nitrogen and oxygen atoms in total. The van der Waals surface area contributed by atoms with Crippen molar-refractivity contribution in [1.29, 1.82) is 0 Å². The van der Waals surface area contributed by atoms with E-state index >= 15 is 0 Å². The van der Waals surface area contributed by atoms with Crippen molar-refractivity contribution >= 4 is 28.9 Å². The van der Waals surface area contributed by atoms with Crippen molar-refractivity contribution in [3.63, 3.8) is 0 Å². The molecule has 0 aromatic heterocycles. The van der Waals surface area contributed by atoms with Crippen LogP contribution in [0.25, 0.3) is 0 Å². The third-order valence-corrected chi connectivity index (χ3v) is 2.96. The number of halogens is 2. The summed E-state index contributed by atoms with van der Waals surface area (Å²) in [5.41, 5.74) is 2.30. The minimum absolute atomic E-state index is 0.652. The molecule has 64 valence electrons. The molecule has 1 N–H and O–H groups in total. The second-order valence-corrected chi connectivity index (χ2v) is 3.70. The molecule has 0 spiro atoms. The summed E-state index contributed by atoms with van der Waals surface area (Å²) in [6.07, 6.45) is 2.16. The van der Waals surface area contributed by atoms with Crippen LogP contribution in [0.2, 0.25) is 10.0 Å². The number of fused-ring (bicyclic) bond motifs is 1. The van der Waals surface area contributed by atoms with Gasteiger partial charge < -0.3 is 5.32 Å². The van der Waals surface area contributed by atoms with E-state index in [1.165, 1.54) is 0 Å². The fourth-order valence-corrected chi connectivity index (χ4v) is 1.93. The van der Waals surface area contributed by atoms with Crippen LogP contribution in [0.4, 0.5) is 5.69 Å². The Bertz CT molecular complexity index is 310. The summed E-state index contributed by atoms with van der Waals surface area (Å²) < 4.78 is 0. The Hall–Kier alpha value is -0.400. The van der Waals surface area contributed by atoms with E-state index in [0.717, 1.165) is 30.6 Å². The molecule has 1 aromatic rings. The molecule has 0 atom stereocenters. The Morgan fingerprint density at radius 2 is 2.08 bits per heavy atom. The van der Waals surface area contributed by atoms with E-state index < -0.39 is 0 Å². The lowest BCUT2D eigenvalue weighted by atomic mass is 10.0. The molecule has 1 aromatic carbocycles. The molecule has 0 saturated heterocycles. The Morgan fingerprint density at radius 1 is 1.25 bits per heavy atom. The van der Waals surface area contributed by atoms with Gasteiger partial charge in [0.05, 0.1) is 10.0 Å². The molecule has 2 rings (SSSR count). The van der Waals surface area contributed by atoms with Gasteiger partial charge in [0.1, 0.15) is 0 Å². The number of anilines is 1. The number of hydrogen-bond donors (Lipinski definition) is 1. The summed E-state index contributed by atoms with van der Waals surface area (Å²) in [6, 6.07) is 3.82. The average molecular weight is 202 g/mol. The van der Waals surface area contributed by atoms with Crippen molar-refractivity contribution in [3.8, 4) is 0 Å². The maximum Gasteiger partial charge on any atom is 0.0644 e. The third kappa shape index (κ3) is 1.27. The van der Waals surface area contributed by atoms with Gasteiger partial charge in [-0.05, 0) is 30.5 Å². The number of rotatable bonds is 0. The lowest BCUT2D eigenvalue weighted by Crippen LogP contribution is -2.11. The zero-order chi connectivity index (χ0) is 8.55. The van der Waals surface area contributed by atoms with Gasteiger partial charge in [-0.2, -0.15) is 0 Å². The summed E-state index contributed by atoms with van der Waals surface area (Å²) in [5, 5.41) is 4.65. The highest BCUT2D eigenvalue weighted by molar-refractivity contribution is 6.42. The Kier molecular flexibility index (Phi) is 2.16. The predicted octanol–water partition coefficient (Wildman–Crippen LogP) is 3.35. The molecule has 0 bridgehead atoms. The standard InChI is InChI=1S/C9H9Cl2N/c10-7-3-4-8-6(9(7)11)2-1-5-12-8/h3-4,12H,1-2,5H2. The van der Waals surface area contributed by atoms with Gasteiger partial charge in [0.25, 0.3) is 0 Å². The van der Waals surface area contributed by atoms with Crippen LogP contribution in [-0.4, -0.2) is 6.54 Å². The first-order chi connectivity index (χ1) is 5.79. The minimum atomic E-state index is 0.652. The maximum atomic E-state index is 6.04. The van der Waals surface area contributed by atoms with Gasteiger partial charge in [-0.1, -0.05) is 23.2 Å². The quantitative estimate of drug-likeness (QED) is 0.680. The summed E-state index contributed by atoms with van der Waals surface area (Å²) >= 11 is 11.9. The molecule has 0 saturated carbocycles. The van der Waals surface area contributed by atoms with Gasteiger partial charge >= 0.3 is 0 Å². The molecule has 0 fully saturated rings. The largest absolute Gasteiger partial charge is 0.385 e. The second kappa shape index (κ2) is 3.15. The van der Waals surface area contributed by atoms with E-state index in [1.54, 1.807) is 0 Å². The van der Waals surface area contributed by atoms with Crippen molar-refractivity contribution in [2.24, 2.45) is 0 Å². The fourth-order valence-electron chi connectivity index (χ4n) is 1.49. The normalized spacial score (nSPS) is 15.2. The van der Waals surface area contributed by atoms with Crippen LogP contribution in [0.3, 0.4) is 0 Å². The Labute approximate surface area is 81.7 Å². The summed E-state index contributed by atoms with van der Waals surface area (Å²) in [6.45, 7) is 1.03. The lowest BCUT2D eigenvalue weighted by molar-refractivity contribution is 0.830. The molecular weight excluding hydrogens is 193 g/mol. The van der Waals surface area contributed by atoms with Gasteiger partial charge in [-0.25, -0.2) is 0 Å². The van der Waals surface area contributed by atoms with Crippen molar-refractivity contribution in [2.45, 2.75) is 12.8 Å². The van der Waals surface area contributed by atoms with Crippen molar-refractivity contribution in [3.05, 3.63) is 27.7 Å². The predicted molar refractivity (Wildman–Crippen MR) is 53.3 cm³/mol.